The van der Waals surface area contributed by atoms with E-state index in [-0.39, 0.29) is 17.0 Å². The van der Waals surface area contributed by atoms with Gasteiger partial charge in [0.25, 0.3) is 5.56 Å². The first-order chi connectivity index (χ1) is 13.0. The normalized spacial score (nSPS) is 22.4. The summed E-state index contributed by atoms with van der Waals surface area (Å²) >= 11 is 0. The number of aromatic nitrogens is 2. The largest absolute Gasteiger partial charge is 0.293 e. The van der Waals surface area contributed by atoms with Crippen LogP contribution < -0.4 is 5.56 Å². The highest BCUT2D eigenvalue weighted by atomic mass is 32.2. The van der Waals surface area contributed by atoms with Gasteiger partial charge in [0.1, 0.15) is 16.8 Å². The van der Waals surface area contributed by atoms with E-state index in [4.69, 9.17) is 4.98 Å². The molecule has 2 atom stereocenters. The maximum Gasteiger partial charge on any atom is 0.261 e. The Hall–Kier alpha value is -1.82. The molecule has 1 spiro atoms. The first kappa shape index (κ1) is 19.5. The third-order valence-electron chi connectivity index (χ3n) is 6.19. The summed E-state index contributed by atoms with van der Waals surface area (Å²) < 4.78 is 18.5. The van der Waals surface area contributed by atoms with Gasteiger partial charge in [0.05, 0.1) is 21.4 Å². The van der Waals surface area contributed by atoms with Crippen molar-refractivity contribution in [1.29, 1.82) is 0 Å². The average molecular weight is 400 g/mol. The lowest BCUT2D eigenvalue weighted by molar-refractivity contribution is 0.230. The van der Waals surface area contributed by atoms with E-state index in [9.17, 15) is 9.00 Å². The van der Waals surface area contributed by atoms with Crippen LogP contribution in [-0.4, -0.2) is 24.2 Å². The minimum absolute atomic E-state index is 0.0472. The Morgan fingerprint density at radius 3 is 2.57 bits per heavy atom. The molecule has 4 rings (SSSR count). The van der Waals surface area contributed by atoms with Crippen molar-refractivity contribution in [3.63, 3.8) is 0 Å². The number of hydrogen-bond donors (Lipinski definition) is 0. The second-order valence-electron chi connectivity index (χ2n) is 9.54. The van der Waals surface area contributed by atoms with Crippen LogP contribution in [0.3, 0.4) is 0 Å². The van der Waals surface area contributed by atoms with Crippen LogP contribution in [0.4, 0.5) is 0 Å². The molecule has 1 saturated carbocycles. The number of benzene rings is 1. The van der Waals surface area contributed by atoms with Gasteiger partial charge in [-0.1, -0.05) is 6.42 Å². The van der Waals surface area contributed by atoms with E-state index in [1.807, 2.05) is 51.3 Å². The zero-order chi connectivity index (χ0) is 20.4. The van der Waals surface area contributed by atoms with Gasteiger partial charge in [-0.2, -0.15) is 4.40 Å². The van der Waals surface area contributed by atoms with Crippen molar-refractivity contribution in [3.8, 4) is 0 Å². The second-order valence-corrected chi connectivity index (χ2v) is 11.5. The predicted octanol–water partition coefficient (Wildman–Crippen LogP) is 4.36. The first-order valence-corrected chi connectivity index (χ1v) is 11.2. The highest BCUT2D eigenvalue weighted by Gasteiger charge is 2.48. The van der Waals surface area contributed by atoms with Crippen molar-refractivity contribution in [2.24, 2.45) is 4.40 Å². The molecule has 1 aliphatic carbocycles. The van der Waals surface area contributed by atoms with Gasteiger partial charge >= 0.3 is 0 Å². The molecule has 0 saturated heterocycles. The number of aryl methyl sites for hydroxylation is 1. The molecule has 0 bridgehead atoms. The van der Waals surface area contributed by atoms with Crippen LogP contribution in [0.5, 0.6) is 0 Å². The molecule has 150 valence electrons. The molecule has 28 heavy (non-hydrogen) atoms. The van der Waals surface area contributed by atoms with Gasteiger partial charge in [-0.3, -0.25) is 9.36 Å². The third kappa shape index (κ3) is 2.88. The van der Waals surface area contributed by atoms with Crippen molar-refractivity contribution in [2.75, 3.05) is 0 Å². The molecule has 0 unspecified atom stereocenters. The lowest BCUT2D eigenvalue weighted by Crippen LogP contribution is -2.34. The number of fused-ring (bicyclic) bond motifs is 3. The summed E-state index contributed by atoms with van der Waals surface area (Å²) in [5.41, 5.74) is 3.30. The molecule has 1 aromatic carbocycles. The SMILES string of the molecule is CC(=N[S@](=O)C(C)(C)C)c1cc(C)cc2c(=O)n3c(nc12)C1(CCC1)C[C@@H]3C. The minimum atomic E-state index is -1.36. The van der Waals surface area contributed by atoms with Crippen LogP contribution in [0.1, 0.15) is 83.3 Å². The van der Waals surface area contributed by atoms with E-state index in [1.165, 1.54) is 6.42 Å². The molecule has 1 fully saturated rings. The first-order valence-electron chi connectivity index (χ1n) is 10.1. The molecule has 0 amide bonds. The second kappa shape index (κ2) is 6.34. The van der Waals surface area contributed by atoms with Crippen LogP contribution in [0.15, 0.2) is 21.3 Å². The van der Waals surface area contributed by atoms with Gasteiger partial charge in [-0.25, -0.2) is 9.19 Å². The van der Waals surface area contributed by atoms with Crippen LogP contribution in [0.2, 0.25) is 0 Å². The van der Waals surface area contributed by atoms with Crippen molar-refractivity contribution >= 4 is 27.6 Å². The summed E-state index contributed by atoms with van der Waals surface area (Å²) in [6.45, 7) is 11.7. The Kier molecular flexibility index (Phi) is 4.42. The number of nitrogens with zero attached hydrogens (tertiary/aromatic N) is 3. The summed E-state index contributed by atoms with van der Waals surface area (Å²) in [4.78, 5) is 18.4. The maximum absolute atomic E-state index is 13.4. The van der Waals surface area contributed by atoms with E-state index in [0.29, 0.717) is 16.6 Å². The standard InChI is InChI=1S/C22H29N3O2S/c1-13-10-16(15(3)24-28(27)21(4,5)6)18-17(11-13)19(26)25-14(2)12-22(8-7-9-22)20(25)23-18/h10-11,14H,7-9,12H2,1-6H3/t14-,28+/m0/s1. The molecular formula is C22H29N3O2S. The Morgan fingerprint density at radius 1 is 1.32 bits per heavy atom. The molecule has 5 nitrogen and oxygen atoms in total. The van der Waals surface area contributed by atoms with Gasteiger partial charge in [0.2, 0.25) is 0 Å². The van der Waals surface area contributed by atoms with Crippen molar-refractivity contribution < 1.29 is 4.21 Å². The van der Waals surface area contributed by atoms with E-state index in [0.717, 1.165) is 36.2 Å². The van der Waals surface area contributed by atoms with Crippen molar-refractivity contribution in [3.05, 3.63) is 39.4 Å². The lowest BCUT2D eigenvalue weighted by Gasteiger charge is -2.37. The Labute approximate surface area is 168 Å². The van der Waals surface area contributed by atoms with E-state index >= 15 is 0 Å². The number of hydrogen-bond acceptors (Lipinski definition) is 3. The Bertz CT molecular complexity index is 1090. The molecule has 0 N–H and O–H groups in total. The summed E-state index contributed by atoms with van der Waals surface area (Å²) in [5, 5.41) is 0.637. The molecule has 0 radical (unpaired) electrons. The fraction of sp³-hybridized carbons (Fsp3) is 0.591. The Morgan fingerprint density at radius 2 is 2.00 bits per heavy atom. The zero-order valence-electron chi connectivity index (χ0n) is 17.6. The topological polar surface area (TPSA) is 64.3 Å². The maximum atomic E-state index is 13.4. The summed E-state index contributed by atoms with van der Waals surface area (Å²) in [5.74, 6) is 0.943. The highest BCUT2D eigenvalue weighted by Crippen LogP contribution is 2.52. The molecular weight excluding hydrogens is 370 g/mol. The summed E-state index contributed by atoms with van der Waals surface area (Å²) in [6.07, 6.45) is 4.42. The molecule has 2 aliphatic rings. The smallest absolute Gasteiger partial charge is 0.261 e. The minimum Gasteiger partial charge on any atom is -0.293 e. The molecule has 1 aliphatic heterocycles. The van der Waals surface area contributed by atoms with Gasteiger partial charge in [0.15, 0.2) is 0 Å². The average Bonchev–Trinajstić information content (AvgIpc) is 2.87. The highest BCUT2D eigenvalue weighted by molar-refractivity contribution is 7.85. The molecule has 6 heteroatoms. The van der Waals surface area contributed by atoms with Gasteiger partial charge in [-0.05, 0) is 78.5 Å². The van der Waals surface area contributed by atoms with E-state index < -0.39 is 15.7 Å². The lowest BCUT2D eigenvalue weighted by atomic mass is 9.66. The summed E-state index contributed by atoms with van der Waals surface area (Å²) in [7, 11) is -1.36. The van der Waals surface area contributed by atoms with Crippen molar-refractivity contribution in [2.45, 2.75) is 83.4 Å². The van der Waals surface area contributed by atoms with Gasteiger partial charge in [0, 0.05) is 17.0 Å². The van der Waals surface area contributed by atoms with Crippen LogP contribution >= 0.6 is 0 Å². The van der Waals surface area contributed by atoms with E-state index in [2.05, 4.69) is 11.3 Å². The Balaban J connectivity index is 1.98. The van der Waals surface area contributed by atoms with Gasteiger partial charge in [-0.15, -0.1) is 0 Å². The van der Waals surface area contributed by atoms with Crippen molar-refractivity contribution in [1.82, 2.24) is 9.55 Å². The fourth-order valence-electron chi connectivity index (χ4n) is 4.60. The molecule has 2 aromatic rings. The summed E-state index contributed by atoms with van der Waals surface area (Å²) in [6, 6.07) is 4.12. The van der Waals surface area contributed by atoms with Crippen LogP contribution in [-0.2, 0) is 16.4 Å². The van der Waals surface area contributed by atoms with E-state index in [1.54, 1.807) is 0 Å². The van der Waals surface area contributed by atoms with Gasteiger partial charge < -0.3 is 0 Å². The monoisotopic (exact) mass is 399 g/mol. The molecule has 1 aromatic heterocycles. The zero-order valence-corrected chi connectivity index (χ0v) is 18.4. The third-order valence-corrected chi connectivity index (χ3v) is 7.68. The number of rotatable bonds is 2. The predicted molar refractivity (Wildman–Crippen MR) is 116 cm³/mol. The quantitative estimate of drug-likeness (QED) is 0.705. The molecule has 2 heterocycles. The van der Waals surface area contributed by atoms with Crippen LogP contribution in [0.25, 0.3) is 10.9 Å². The van der Waals surface area contributed by atoms with Crippen LogP contribution in [0, 0.1) is 6.92 Å². The fourth-order valence-corrected chi connectivity index (χ4v) is 5.22.